The molecule has 0 spiro atoms. The minimum absolute atomic E-state index is 0.153. The van der Waals surface area contributed by atoms with Crippen molar-refractivity contribution in [3.05, 3.63) is 0 Å². The van der Waals surface area contributed by atoms with E-state index in [4.69, 9.17) is 0 Å². The summed E-state index contributed by atoms with van der Waals surface area (Å²) < 4.78 is 28.1. The molecule has 1 saturated carbocycles. The Hall–Kier alpha value is -0.170. The van der Waals surface area contributed by atoms with Gasteiger partial charge in [-0.05, 0) is 38.0 Å². The Labute approximate surface area is 103 Å². The van der Waals surface area contributed by atoms with Crippen LogP contribution in [0.3, 0.4) is 0 Å². The van der Waals surface area contributed by atoms with Gasteiger partial charge in [-0.15, -0.1) is 0 Å². The van der Waals surface area contributed by atoms with E-state index in [0.29, 0.717) is 31.8 Å². The normalized spacial score (nSPS) is 29.9. The van der Waals surface area contributed by atoms with E-state index >= 15 is 0 Å². The van der Waals surface area contributed by atoms with Gasteiger partial charge < -0.3 is 5.11 Å². The highest BCUT2D eigenvalue weighted by Crippen LogP contribution is 2.31. The van der Waals surface area contributed by atoms with Crippen LogP contribution in [0.15, 0.2) is 0 Å². The summed E-state index contributed by atoms with van der Waals surface area (Å²) in [6, 6.07) is 0. The van der Waals surface area contributed by atoms with Gasteiger partial charge in [0.15, 0.2) is 0 Å². The van der Waals surface area contributed by atoms with Crippen molar-refractivity contribution in [1.82, 2.24) is 9.03 Å². The third kappa shape index (κ3) is 3.19. The first-order chi connectivity index (χ1) is 7.91. The molecule has 100 valence electrons. The van der Waals surface area contributed by atoms with Crippen molar-refractivity contribution in [1.29, 1.82) is 0 Å². The highest BCUT2D eigenvalue weighted by molar-refractivity contribution is 7.87. The highest BCUT2D eigenvalue weighted by atomic mass is 32.2. The molecule has 0 aromatic carbocycles. The molecule has 1 saturated heterocycles. The van der Waals surface area contributed by atoms with Gasteiger partial charge in [-0.2, -0.15) is 17.4 Å². The monoisotopic (exact) mass is 262 g/mol. The van der Waals surface area contributed by atoms with E-state index in [1.165, 1.54) is 4.31 Å². The first-order valence-corrected chi connectivity index (χ1v) is 7.82. The standard InChI is InChI=1S/C11H22N2O3S/c1-10-4-2-7-13(8-10)17(15,16)12-9-11(14)5-3-6-11/h10,12,14H,2-9H2,1H3. The molecule has 0 aromatic rings. The van der Waals surface area contributed by atoms with Gasteiger partial charge in [0, 0.05) is 19.6 Å². The molecule has 1 aliphatic heterocycles. The molecule has 1 unspecified atom stereocenters. The Kier molecular flexibility index (Phi) is 3.77. The molecular weight excluding hydrogens is 240 g/mol. The predicted octanol–water partition coefficient (Wildman–Crippen LogP) is 0.468. The molecule has 0 amide bonds. The Bertz CT molecular complexity index is 365. The third-order valence-corrected chi connectivity index (χ3v) is 5.35. The largest absolute Gasteiger partial charge is 0.389 e. The zero-order chi connectivity index (χ0) is 12.5. The fourth-order valence-corrected chi connectivity index (χ4v) is 3.90. The summed E-state index contributed by atoms with van der Waals surface area (Å²) >= 11 is 0. The number of piperidine rings is 1. The van der Waals surface area contributed by atoms with Crippen molar-refractivity contribution in [2.24, 2.45) is 5.92 Å². The van der Waals surface area contributed by atoms with E-state index in [9.17, 15) is 13.5 Å². The second-order valence-electron chi connectivity index (χ2n) is 5.51. The molecule has 17 heavy (non-hydrogen) atoms. The predicted molar refractivity (Wildman–Crippen MR) is 65.7 cm³/mol. The van der Waals surface area contributed by atoms with Crippen molar-refractivity contribution >= 4 is 10.2 Å². The summed E-state index contributed by atoms with van der Waals surface area (Å²) in [4.78, 5) is 0. The molecule has 2 N–H and O–H groups in total. The quantitative estimate of drug-likeness (QED) is 0.773. The third-order valence-electron chi connectivity index (χ3n) is 3.83. The number of hydrogen-bond donors (Lipinski definition) is 2. The second-order valence-corrected chi connectivity index (χ2v) is 7.26. The van der Waals surface area contributed by atoms with Crippen LogP contribution in [0.1, 0.15) is 39.0 Å². The zero-order valence-corrected chi connectivity index (χ0v) is 11.2. The SMILES string of the molecule is CC1CCCN(S(=O)(=O)NCC2(O)CCC2)C1. The Morgan fingerprint density at radius 2 is 2.12 bits per heavy atom. The topological polar surface area (TPSA) is 69.6 Å². The van der Waals surface area contributed by atoms with Crippen LogP contribution < -0.4 is 4.72 Å². The zero-order valence-electron chi connectivity index (χ0n) is 10.4. The van der Waals surface area contributed by atoms with E-state index < -0.39 is 15.8 Å². The molecule has 1 atom stereocenters. The summed E-state index contributed by atoms with van der Waals surface area (Å²) in [6.07, 6.45) is 4.40. The van der Waals surface area contributed by atoms with Gasteiger partial charge in [-0.1, -0.05) is 6.92 Å². The van der Waals surface area contributed by atoms with Gasteiger partial charge in [-0.3, -0.25) is 0 Å². The number of aliphatic hydroxyl groups is 1. The van der Waals surface area contributed by atoms with Gasteiger partial charge in [0.25, 0.3) is 10.2 Å². The van der Waals surface area contributed by atoms with Gasteiger partial charge >= 0.3 is 0 Å². The smallest absolute Gasteiger partial charge is 0.279 e. The van der Waals surface area contributed by atoms with E-state index in [-0.39, 0.29) is 6.54 Å². The molecule has 2 aliphatic rings. The average Bonchev–Trinajstić information content (AvgIpc) is 2.24. The lowest BCUT2D eigenvalue weighted by molar-refractivity contribution is -0.0274. The van der Waals surface area contributed by atoms with Crippen LogP contribution in [-0.2, 0) is 10.2 Å². The second kappa shape index (κ2) is 4.84. The van der Waals surface area contributed by atoms with Gasteiger partial charge in [0.05, 0.1) is 5.60 Å². The summed E-state index contributed by atoms with van der Waals surface area (Å²) in [5.41, 5.74) is -0.797. The lowest BCUT2D eigenvalue weighted by atomic mass is 9.81. The number of nitrogens with zero attached hydrogens (tertiary/aromatic N) is 1. The molecular formula is C11H22N2O3S. The molecule has 2 rings (SSSR count). The van der Waals surface area contributed by atoms with Crippen molar-refractivity contribution in [3.63, 3.8) is 0 Å². The lowest BCUT2D eigenvalue weighted by Gasteiger charge is -2.37. The highest BCUT2D eigenvalue weighted by Gasteiger charge is 2.36. The molecule has 5 nitrogen and oxygen atoms in total. The van der Waals surface area contributed by atoms with Crippen molar-refractivity contribution in [2.75, 3.05) is 19.6 Å². The molecule has 2 fully saturated rings. The Balaban J connectivity index is 1.89. The van der Waals surface area contributed by atoms with E-state index in [1.807, 2.05) is 0 Å². The summed E-state index contributed by atoms with van der Waals surface area (Å²) in [7, 11) is -3.40. The summed E-state index contributed by atoms with van der Waals surface area (Å²) in [5.74, 6) is 0.423. The maximum absolute atomic E-state index is 12.0. The van der Waals surface area contributed by atoms with Crippen LogP contribution in [0.4, 0.5) is 0 Å². The lowest BCUT2D eigenvalue weighted by Crippen LogP contribution is -2.52. The van der Waals surface area contributed by atoms with Gasteiger partial charge in [0.2, 0.25) is 0 Å². The van der Waals surface area contributed by atoms with Crippen LogP contribution in [0.25, 0.3) is 0 Å². The molecule has 1 heterocycles. The van der Waals surface area contributed by atoms with Gasteiger partial charge in [0.1, 0.15) is 0 Å². The Morgan fingerprint density at radius 1 is 1.41 bits per heavy atom. The summed E-state index contributed by atoms with van der Waals surface area (Å²) in [5, 5.41) is 9.88. The van der Waals surface area contributed by atoms with Crippen molar-refractivity contribution in [2.45, 2.75) is 44.6 Å². The van der Waals surface area contributed by atoms with Crippen molar-refractivity contribution < 1.29 is 13.5 Å². The fraction of sp³-hybridized carbons (Fsp3) is 1.00. The van der Waals surface area contributed by atoms with E-state index in [0.717, 1.165) is 19.3 Å². The molecule has 0 radical (unpaired) electrons. The van der Waals surface area contributed by atoms with Crippen molar-refractivity contribution in [3.8, 4) is 0 Å². The van der Waals surface area contributed by atoms with Gasteiger partial charge in [-0.25, -0.2) is 0 Å². The minimum Gasteiger partial charge on any atom is -0.389 e. The Morgan fingerprint density at radius 3 is 2.65 bits per heavy atom. The molecule has 0 aromatic heterocycles. The van der Waals surface area contributed by atoms with E-state index in [2.05, 4.69) is 11.6 Å². The van der Waals surface area contributed by atoms with Crippen LogP contribution >= 0.6 is 0 Å². The number of hydrogen-bond acceptors (Lipinski definition) is 3. The van der Waals surface area contributed by atoms with Crippen LogP contribution in [-0.4, -0.2) is 43.1 Å². The van der Waals surface area contributed by atoms with Crippen LogP contribution in [0, 0.1) is 5.92 Å². The first kappa shape index (κ1) is 13.3. The minimum atomic E-state index is -3.40. The average molecular weight is 262 g/mol. The van der Waals surface area contributed by atoms with Crippen LogP contribution in [0.2, 0.25) is 0 Å². The fourth-order valence-electron chi connectivity index (χ4n) is 2.44. The maximum atomic E-state index is 12.0. The maximum Gasteiger partial charge on any atom is 0.279 e. The molecule has 6 heteroatoms. The number of nitrogens with one attached hydrogen (secondary N) is 1. The molecule has 1 aliphatic carbocycles. The van der Waals surface area contributed by atoms with E-state index in [1.54, 1.807) is 0 Å². The van der Waals surface area contributed by atoms with Crippen LogP contribution in [0.5, 0.6) is 0 Å². The first-order valence-electron chi connectivity index (χ1n) is 6.38. The summed E-state index contributed by atoms with van der Waals surface area (Å²) in [6.45, 7) is 3.41. The molecule has 0 bridgehead atoms. The number of rotatable bonds is 4.